The van der Waals surface area contributed by atoms with Gasteiger partial charge in [0.1, 0.15) is 0 Å². The van der Waals surface area contributed by atoms with E-state index in [1.807, 2.05) is 23.6 Å². The molecular weight excluding hydrogens is 316 g/mol. The molecular formula is C20H22N2OS. The lowest BCUT2D eigenvalue weighted by atomic mass is 10.1. The van der Waals surface area contributed by atoms with Gasteiger partial charge in [0.25, 0.3) is 0 Å². The highest BCUT2D eigenvalue weighted by Gasteiger charge is 2.20. The monoisotopic (exact) mass is 338 g/mol. The third-order valence-corrected chi connectivity index (χ3v) is 5.42. The van der Waals surface area contributed by atoms with Crippen molar-refractivity contribution in [2.24, 2.45) is 0 Å². The minimum absolute atomic E-state index is 0.368. The average molecular weight is 338 g/mol. The van der Waals surface area contributed by atoms with Crippen LogP contribution >= 0.6 is 11.3 Å². The van der Waals surface area contributed by atoms with E-state index >= 15 is 0 Å². The molecule has 24 heavy (non-hydrogen) atoms. The minimum atomic E-state index is 0.368. The molecule has 0 radical (unpaired) electrons. The lowest BCUT2D eigenvalue weighted by Gasteiger charge is -2.25. The molecule has 0 N–H and O–H groups in total. The van der Waals surface area contributed by atoms with Gasteiger partial charge in [-0.25, -0.2) is 0 Å². The third kappa shape index (κ3) is 3.66. The lowest BCUT2D eigenvalue weighted by Crippen LogP contribution is -2.31. The molecule has 124 valence electrons. The van der Waals surface area contributed by atoms with Gasteiger partial charge in [0.05, 0.1) is 11.6 Å². The molecule has 0 aliphatic carbocycles. The van der Waals surface area contributed by atoms with E-state index in [0.717, 1.165) is 31.8 Å². The molecule has 1 saturated heterocycles. The smallest absolute Gasteiger partial charge is 0.0746 e. The van der Waals surface area contributed by atoms with Crippen LogP contribution in [0.15, 0.2) is 54.0 Å². The molecule has 1 aliphatic rings. The predicted molar refractivity (Wildman–Crippen MR) is 99.2 cm³/mol. The number of fused-ring (bicyclic) bond motifs is 1. The van der Waals surface area contributed by atoms with Gasteiger partial charge in [-0.1, -0.05) is 30.3 Å². The van der Waals surface area contributed by atoms with E-state index < -0.39 is 0 Å². The Hall–Kier alpha value is -1.75. The van der Waals surface area contributed by atoms with Crippen molar-refractivity contribution in [1.29, 1.82) is 0 Å². The van der Waals surface area contributed by atoms with Crippen LogP contribution in [0, 0.1) is 0 Å². The first-order chi connectivity index (χ1) is 11.9. The second-order valence-electron chi connectivity index (χ2n) is 6.38. The zero-order valence-corrected chi connectivity index (χ0v) is 14.5. The number of benzene rings is 1. The summed E-state index contributed by atoms with van der Waals surface area (Å²) in [5.74, 6) is 0. The Labute approximate surface area is 146 Å². The molecule has 0 bridgehead atoms. The molecule has 0 spiro atoms. The number of hydrogen-bond donors (Lipinski definition) is 0. The first kappa shape index (κ1) is 15.8. The van der Waals surface area contributed by atoms with Crippen molar-refractivity contribution in [2.75, 3.05) is 13.2 Å². The molecule has 1 fully saturated rings. The number of para-hydroxylation sites is 1. The summed E-state index contributed by atoms with van der Waals surface area (Å²) in [6, 6.07) is 15.0. The van der Waals surface area contributed by atoms with E-state index in [4.69, 9.17) is 4.74 Å². The van der Waals surface area contributed by atoms with Crippen molar-refractivity contribution in [1.82, 2.24) is 9.88 Å². The summed E-state index contributed by atoms with van der Waals surface area (Å²) in [5.41, 5.74) is 2.41. The maximum atomic E-state index is 5.87. The molecule has 0 unspecified atom stereocenters. The average Bonchev–Trinajstić information content (AvgIpc) is 3.29. The summed E-state index contributed by atoms with van der Waals surface area (Å²) in [4.78, 5) is 8.52. The van der Waals surface area contributed by atoms with E-state index in [9.17, 15) is 0 Å². The maximum absolute atomic E-state index is 5.87. The summed E-state index contributed by atoms with van der Waals surface area (Å²) < 4.78 is 5.87. The number of nitrogens with zero attached hydrogens (tertiary/aromatic N) is 2. The van der Waals surface area contributed by atoms with E-state index in [0.29, 0.717) is 6.10 Å². The van der Waals surface area contributed by atoms with Crippen LogP contribution in [0.25, 0.3) is 10.9 Å². The van der Waals surface area contributed by atoms with Gasteiger partial charge in [-0.15, -0.1) is 11.3 Å². The van der Waals surface area contributed by atoms with Crippen molar-refractivity contribution in [3.8, 4) is 0 Å². The van der Waals surface area contributed by atoms with E-state index in [1.165, 1.54) is 28.7 Å². The van der Waals surface area contributed by atoms with Crippen molar-refractivity contribution in [3.05, 3.63) is 64.5 Å². The molecule has 0 amide bonds. The number of aromatic nitrogens is 1. The Balaban J connectivity index is 1.57. The van der Waals surface area contributed by atoms with E-state index in [-0.39, 0.29) is 0 Å². The van der Waals surface area contributed by atoms with E-state index in [2.05, 4.69) is 51.7 Å². The van der Waals surface area contributed by atoms with Gasteiger partial charge in [0, 0.05) is 42.7 Å². The van der Waals surface area contributed by atoms with Crippen LogP contribution in [0.1, 0.15) is 23.3 Å². The molecule has 3 heterocycles. The molecule has 2 aromatic heterocycles. The van der Waals surface area contributed by atoms with E-state index in [1.54, 1.807) is 0 Å². The van der Waals surface area contributed by atoms with Crippen LogP contribution in [0.2, 0.25) is 0 Å². The summed E-state index contributed by atoms with van der Waals surface area (Å²) >= 11 is 1.83. The minimum Gasteiger partial charge on any atom is -0.377 e. The molecule has 4 rings (SSSR count). The lowest BCUT2D eigenvalue weighted by molar-refractivity contribution is 0.0684. The Bertz CT molecular complexity index is 776. The van der Waals surface area contributed by atoms with Gasteiger partial charge in [0.15, 0.2) is 0 Å². The first-order valence-electron chi connectivity index (χ1n) is 8.57. The number of rotatable bonds is 6. The summed E-state index contributed by atoms with van der Waals surface area (Å²) in [7, 11) is 0. The van der Waals surface area contributed by atoms with Gasteiger partial charge in [-0.3, -0.25) is 9.88 Å². The highest BCUT2D eigenvalue weighted by Crippen LogP contribution is 2.22. The fourth-order valence-corrected chi connectivity index (χ4v) is 4.17. The van der Waals surface area contributed by atoms with Gasteiger partial charge in [0.2, 0.25) is 0 Å². The quantitative estimate of drug-likeness (QED) is 0.663. The normalized spacial score (nSPS) is 17.8. The standard InChI is InChI=1S/C20H22N2OS/c1-5-16-7-2-10-21-20(16)17(6-1)13-22(14-18-8-3-11-23-18)15-19-9-4-12-24-19/h1-2,4-7,9-10,12,18H,3,8,11,13-15H2/t18-/m0/s1. The van der Waals surface area contributed by atoms with Crippen LogP contribution in [0.5, 0.6) is 0 Å². The van der Waals surface area contributed by atoms with Gasteiger partial charge in [-0.05, 0) is 35.9 Å². The summed E-state index contributed by atoms with van der Waals surface area (Å²) in [6.45, 7) is 3.78. The van der Waals surface area contributed by atoms with Crippen molar-refractivity contribution in [3.63, 3.8) is 0 Å². The first-order valence-corrected chi connectivity index (χ1v) is 9.45. The molecule has 1 aromatic carbocycles. The fraction of sp³-hybridized carbons (Fsp3) is 0.350. The van der Waals surface area contributed by atoms with Crippen LogP contribution in [0.3, 0.4) is 0 Å². The highest BCUT2D eigenvalue weighted by molar-refractivity contribution is 7.09. The second-order valence-corrected chi connectivity index (χ2v) is 7.41. The molecule has 4 heteroatoms. The fourth-order valence-electron chi connectivity index (χ4n) is 3.42. The summed E-state index contributed by atoms with van der Waals surface area (Å²) in [5, 5.41) is 3.36. The molecule has 3 aromatic rings. The Kier molecular flexibility index (Phi) is 4.88. The zero-order chi connectivity index (χ0) is 16.2. The molecule has 0 saturated carbocycles. The SMILES string of the molecule is c1csc(CN(Cc2cccc3cccnc23)C[C@@H]2CCCO2)c1. The van der Waals surface area contributed by atoms with Gasteiger partial charge in [-0.2, -0.15) is 0 Å². The van der Waals surface area contributed by atoms with Crippen molar-refractivity contribution >= 4 is 22.2 Å². The predicted octanol–water partition coefficient (Wildman–Crippen LogP) is 4.48. The number of hydrogen-bond acceptors (Lipinski definition) is 4. The van der Waals surface area contributed by atoms with Crippen molar-refractivity contribution in [2.45, 2.75) is 32.0 Å². The van der Waals surface area contributed by atoms with Crippen LogP contribution in [-0.4, -0.2) is 29.1 Å². The molecule has 3 nitrogen and oxygen atoms in total. The Morgan fingerprint density at radius 3 is 2.92 bits per heavy atom. The number of thiophene rings is 1. The Morgan fingerprint density at radius 1 is 1.12 bits per heavy atom. The summed E-state index contributed by atoms with van der Waals surface area (Å²) in [6.07, 6.45) is 4.62. The van der Waals surface area contributed by atoms with Crippen molar-refractivity contribution < 1.29 is 4.74 Å². The highest BCUT2D eigenvalue weighted by atomic mass is 32.1. The second kappa shape index (κ2) is 7.43. The molecule has 1 aliphatic heterocycles. The van der Waals surface area contributed by atoms with Gasteiger partial charge < -0.3 is 4.74 Å². The zero-order valence-electron chi connectivity index (χ0n) is 13.7. The van der Waals surface area contributed by atoms with Crippen LogP contribution < -0.4 is 0 Å². The maximum Gasteiger partial charge on any atom is 0.0746 e. The number of pyridine rings is 1. The third-order valence-electron chi connectivity index (χ3n) is 4.56. The topological polar surface area (TPSA) is 25.4 Å². The van der Waals surface area contributed by atoms with Crippen LogP contribution in [-0.2, 0) is 17.8 Å². The Morgan fingerprint density at radius 2 is 2.08 bits per heavy atom. The van der Waals surface area contributed by atoms with Gasteiger partial charge >= 0.3 is 0 Å². The number of ether oxygens (including phenoxy) is 1. The molecule has 1 atom stereocenters. The van der Waals surface area contributed by atoms with Crippen LogP contribution in [0.4, 0.5) is 0 Å². The largest absolute Gasteiger partial charge is 0.377 e.